The smallest absolute Gasteiger partial charge is 0.0540 e. The molecule has 0 unspecified atom stereocenters. The predicted molar refractivity (Wildman–Crippen MR) is 228 cm³/mol. The van der Waals surface area contributed by atoms with Gasteiger partial charge in [0.15, 0.2) is 0 Å². The van der Waals surface area contributed by atoms with Gasteiger partial charge in [0.25, 0.3) is 0 Å². The van der Waals surface area contributed by atoms with Crippen molar-refractivity contribution in [2.75, 3.05) is 4.90 Å². The highest BCUT2D eigenvalue weighted by Crippen LogP contribution is 2.61. The van der Waals surface area contributed by atoms with E-state index < -0.39 is 0 Å². The van der Waals surface area contributed by atoms with Crippen LogP contribution in [0.1, 0.15) is 87.5 Å². The molecule has 1 nitrogen and oxygen atoms in total. The Labute approximate surface area is 321 Å². The van der Waals surface area contributed by atoms with Crippen molar-refractivity contribution in [3.8, 4) is 22.3 Å². The summed E-state index contributed by atoms with van der Waals surface area (Å²) < 4.78 is 0. The minimum Gasteiger partial charge on any atom is -0.310 e. The van der Waals surface area contributed by atoms with Crippen LogP contribution in [0.4, 0.5) is 17.1 Å². The van der Waals surface area contributed by atoms with Gasteiger partial charge in [-0.2, -0.15) is 0 Å². The molecule has 0 saturated heterocycles. The number of nitrogens with zero attached hydrogens (tertiary/aromatic N) is 1. The number of allylic oxidation sites excluding steroid dienone is 4. The van der Waals surface area contributed by atoms with E-state index in [0.717, 1.165) is 30.6 Å². The summed E-state index contributed by atoms with van der Waals surface area (Å²) >= 11 is 0. The summed E-state index contributed by atoms with van der Waals surface area (Å²) in [7, 11) is 0. The lowest BCUT2D eigenvalue weighted by Crippen LogP contribution is -2.48. The number of hydrogen-bond donors (Lipinski definition) is 0. The molecule has 266 valence electrons. The van der Waals surface area contributed by atoms with Crippen LogP contribution in [-0.4, -0.2) is 0 Å². The van der Waals surface area contributed by atoms with Gasteiger partial charge < -0.3 is 4.90 Å². The number of benzene rings is 6. The quantitative estimate of drug-likeness (QED) is 0.167. The molecule has 4 fully saturated rings. The van der Waals surface area contributed by atoms with Gasteiger partial charge >= 0.3 is 0 Å². The van der Waals surface area contributed by atoms with Crippen LogP contribution >= 0.6 is 0 Å². The van der Waals surface area contributed by atoms with Gasteiger partial charge in [-0.25, -0.2) is 0 Å². The molecule has 4 saturated carbocycles. The summed E-state index contributed by atoms with van der Waals surface area (Å²) in [6, 6.07) is 48.9. The molecule has 0 N–H and O–H groups in total. The van der Waals surface area contributed by atoms with E-state index >= 15 is 0 Å². The molecule has 6 aliphatic rings. The fourth-order valence-corrected chi connectivity index (χ4v) is 12.1. The van der Waals surface area contributed by atoms with Crippen LogP contribution in [0.2, 0.25) is 0 Å². The summed E-state index contributed by atoms with van der Waals surface area (Å²) in [5.74, 6) is 2.90. The average molecular weight is 700 g/mol. The first-order valence-corrected chi connectivity index (χ1v) is 20.6. The first kappa shape index (κ1) is 32.3. The van der Waals surface area contributed by atoms with Crippen LogP contribution in [0.25, 0.3) is 38.6 Å². The highest BCUT2D eigenvalue weighted by atomic mass is 15.1. The standard InChI is InChI=1S/C53H49N/c1-52(2)49-15-9-8-13-46(49)47-25-24-43(31-50(47)52)54(51-27-26-44(40-10-4-3-5-11-40)45-12-6-7-14-48(45)51)42-22-18-39(19-23-42)38-16-20-41(21-17-38)53-32-35-28-36(33-53)30-37(29-35)34-53/h4,6-27,31,35-37H,3,5,28-30,32-34H2,1-2H3. The van der Waals surface area contributed by atoms with Crippen LogP contribution < -0.4 is 4.90 Å². The van der Waals surface area contributed by atoms with Crippen LogP contribution in [0.3, 0.4) is 0 Å². The van der Waals surface area contributed by atoms with Gasteiger partial charge in [-0.15, -0.1) is 0 Å². The van der Waals surface area contributed by atoms with E-state index in [9.17, 15) is 0 Å². The van der Waals surface area contributed by atoms with Crippen molar-refractivity contribution >= 4 is 33.4 Å². The molecule has 6 aliphatic carbocycles. The number of rotatable bonds is 6. The van der Waals surface area contributed by atoms with E-state index in [-0.39, 0.29) is 5.41 Å². The summed E-state index contributed by atoms with van der Waals surface area (Å²) in [6.07, 6.45) is 18.0. The molecule has 0 aliphatic heterocycles. The maximum absolute atomic E-state index is 2.50. The molecule has 6 aromatic rings. The van der Waals surface area contributed by atoms with Gasteiger partial charge in [-0.05, 0) is 160 Å². The SMILES string of the molecule is CC1(C)c2ccccc2-c2ccc(N(c3ccc(-c4ccc(C56CC7CC(CC(C7)C5)C6)cc4)cc3)c3ccc(C4=CCCC=C4)c4ccccc34)cc21. The molecular weight excluding hydrogens is 651 g/mol. The number of hydrogen-bond acceptors (Lipinski definition) is 1. The topological polar surface area (TPSA) is 3.24 Å². The minimum atomic E-state index is -0.0779. The maximum Gasteiger partial charge on any atom is 0.0540 e. The van der Waals surface area contributed by atoms with E-state index in [1.807, 2.05) is 0 Å². The van der Waals surface area contributed by atoms with Gasteiger partial charge in [0.2, 0.25) is 0 Å². The lowest BCUT2D eigenvalue weighted by molar-refractivity contribution is -0.00518. The van der Waals surface area contributed by atoms with Crippen molar-refractivity contribution in [2.45, 2.75) is 76.0 Å². The number of fused-ring (bicyclic) bond motifs is 4. The average Bonchev–Trinajstić information content (AvgIpc) is 3.43. The minimum absolute atomic E-state index is 0.0779. The van der Waals surface area contributed by atoms with Gasteiger partial charge in [0, 0.05) is 22.2 Å². The Morgan fingerprint density at radius 2 is 1.15 bits per heavy atom. The largest absolute Gasteiger partial charge is 0.310 e. The molecule has 0 amide bonds. The lowest BCUT2D eigenvalue weighted by atomic mass is 9.48. The van der Waals surface area contributed by atoms with E-state index in [4.69, 9.17) is 0 Å². The first-order valence-electron chi connectivity index (χ1n) is 20.6. The van der Waals surface area contributed by atoms with Crippen molar-refractivity contribution < 1.29 is 0 Å². The van der Waals surface area contributed by atoms with Crippen LogP contribution in [0.15, 0.2) is 146 Å². The van der Waals surface area contributed by atoms with Crippen LogP contribution in [0, 0.1) is 17.8 Å². The molecular formula is C53H49N. The monoisotopic (exact) mass is 699 g/mol. The molecule has 0 aromatic heterocycles. The van der Waals surface area contributed by atoms with E-state index in [1.54, 1.807) is 5.56 Å². The fourth-order valence-electron chi connectivity index (χ4n) is 12.1. The summed E-state index contributed by atoms with van der Waals surface area (Å²) in [4.78, 5) is 2.50. The van der Waals surface area contributed by atoms with Crippen molar-refractivity contribution in [3.63, 3.8) is 0 Å². The summed E-state index contributed by atoms with van der Waals surface area (Å²) in [5.41, 5.74) is 16.3. The Balaban J connectivity index is 1.00. The molecule has 1 heteroatoms. The molecule has 54 heavy (non-hydrogen) atoms. The molecule has 0 heterocycles. The van der Waals surface area contributed by atoms with Crippen molar-refractivity contribution in [2.24, 2.45) is 17.8 Å². The third-order valence-corrected chi connectivity index (χ3v) is 14.3. The predicted octanol–water partition coefficient (Wildman–Crippen LogP) is 14.5. The van der Waals surface area contributed by atoms with E-state index in [1.165, 1.54) is 111 Å². The Bertz CT molecular complexity index is 2460. The Morgan fingerprint density at radius 1 is 0.537 bits per heavy atom. The van der Waals surface area contributed by atoms with Crippen molar-refractivity contribution in [1.29, 1.82) is 0 Å². The molecule has 0 radical (unpaired) electrons. The maximum atomic E-state index is 2.50. The number of anilines is 3. The summed E-state index contributed by atoms with van der Waals surface area (Å²) in [6.45, 7) is 4.76. The highest BCUT2D eigenvalue weighted by molar-refractivity contribution is 6.05. The zero-order valence-corrected chi connectivity index (χ0v) is 31.7. The second kappa shape index (κ2) is 12.2. The molecule has 4 bridgehead atoms. The fraction of sp³-hybridized carbons (Fsp3) is 0.283. The molecule has 0 atom stereocenters. The van der Waals surface area contributed by atoms with Crippen molar-refractivity contribution in [1.82, 2.24) is 0 Å². The van der Waals surface area contributed by atoms with Gasteiger partial charge in [-0.1, -0.05) is 129 Å². The Kier molecular flexibility index (Phi) is 7.29. The van der Waals surface area contributed by atoms with E-state index in [2.05, 4.69) is 164 Å². The van der Waals surface area contributed by atoms with Gasteiger partial charge in [-0.3, -0.25) is 0 Å². The van der Waals surface area contributed by atoms with Crippen LogP contribution in [-0.2, 0) is 10.8 Å². The Hall–Kier alpha value is -5.14. The van der Waals surface area contributed by atoms with Crippen LogP contribution in [0.5, 0.6) is 0 Å². The zero-order chi connectivity index (χ0) is 36.0. The normalized spacial score (nSPS) is 24.3. The zero-order valence-electron chi connectivity index (χ0n) is 31.7. The lowest BCUT2D eigenvalue weighted by Gasteiger charge is -2.57. The highest BCUT2D eigenvalue weighted by Gasteiger charge is 2.51. The van der Waals surface area contributed by atoms with Gasteiger partial charge in [0.1, 0.15) is 0 Å². The third kappa shape index (κ3) is 5.04. The third-order valence-electron chi connectivity index (χ3n) is 14.3. The first-order chi connectivity index (χ1) is 26.4. The van der Waals surface area contributed by atoms with E-state index in [0.29, 0.717) is 5.41 Å². The second-order valence-electron chi connectivity index (χ2n) is 17.9. The Morgan fingerprint density at radius 3 is 1.85 bits per heavy atom. The second-order valence-corrected chi connectivity index (χ2v) is 17.9. The van der Waals surface area contributed by atoms with Gasteiger partial charge in [0.05, 0.1) is 5.69 Å². The molecule has 0 spiro atoms. The summed E-state index contributed by atoms with van der Waals surface area (Å²) in [5, 5.41) is 2.56. The molecule has 12 rings (SSSR count). The molecule has 6 aromatic carbocycles. The van der Waals surface area contributed by atoms with Crippen molar-refractivity contribution in [3.05, 3.63) is 168 Å².